The molecule has 1 aromatic carbocycles. The van der Waals surface area contributed by atoms with Crippen molar-refractivity contribution in [1.29, 1.82) is 0 Å². The Labute approximate surface area is 133 Å². The zero-order valence-corrected chi connectivity index (χ0v) is 14.0. The zero-order valence-electron chi connectivity index (χ0n) is 13.2. The fraction of sp³-hybridized carbons (Fsp3) is 0.625. The van der Waals surface area contributed by atoms with E-state index in [0.29, 0.717) is 0 Å². The number of hydrogen-bond acceptors (Lipinski definition) is 4. The third-order valence-corrected chi connectivity index (χ3v) is 3.81. The van der Waals surface area contributed by atoms with E-state index >= 15 is 0 Å². The minimum Gasteiger partial charge on any atom is -0.491 e. The summed E-state index contributed by atoms with van der Waals surface area (Å²) in [5.41, 5.74) is 1.12. The quantitative estimate of drug-likeness (QED) is 0.466. The number of unbranched alkanes of at least 4 members (excludes halogenated alkanes) is 5. The summed E-state index contributed by atoms with van der Waals surface area (Å²) in [4.78, 5) is 0. The fourth-order valence-corrected chi connectivity index (χ4v) is 2.52. The lowest BCUT2D eigenvalue weighted by molar-refractivity contribution is 0.201. The van der Waals surface area contributed by atoms with Crippen LogP contribution in [0.25, 0.3) is 0 Å². The fourth-order valence-electron chi connectivity index (χ4n) is 2.24. The third-order valence-electron chi connectivity index (χ3n) is 3.35. The van der Waals surface area contributed by atoms with E-state index < -0.39 is 10.4 Å². The predicted molar refractivity (Wildman–Crippen MR) is 86.5 cm³/mol. The molecule has 0 aromatic heterocycles. The highest BCUT2D eigenvalue weighted by atomic mass is 32.3. The molecule has 0 saturated heterocycles. The second kappa shape index (κ2) is 10.6. The molecule has 126 valence electrons. The van der Waals surface area contributed by atoms with E-state index in [9.17, 15) is 8.42 Å². The first kappa shape index (κ1) is 18.9. The highest BCUT2D eigenvalue weighted by Gasteiger charge is 2.06. The first-order valence-electron chi connectivity index (χ1n) is 7.85. The molecule has 0 fully saturated rings. The van der Waals surface area contributed by atoms with Crippen LogP contribution < -0.4 is 4.74 Å². The molecule has 0 radical (unpaired) electrons. The Morgan fingerprint density at radius 1 is 1.00 bits per heavy atom. The van der Waals surface area contributed by atoms with Gasteiger partial charge in [0, 0.05) is 0 Å². The average Bonchev–Trinajstić information content (AvgIpc) is 2.47. The largest absolute Gasteiger partial charge is 0.491 e. The summed E-state index contributed by atoms with van der Waals surface area (Å²) in [7, 11) is -4.39. The average molecular weight is 330 g/mol. The summed E-state index contributed by atoms with van der Waals surface area (Å²) < 4.78 is 39.1. The molecule has 22 heavy (non-hydrogen) atoms. The van der Waals surface area contributed by atoms with Gasteiger partial charge < -0.3 is 4.74 Å². The maximum absolute atomic E-state index is 10.4. The highest BCUT2D eigenvalue weighted by molar-refractivity contribution is 7.80. The molecule has 6 heteroatoms. The summed E-state index contributed by atoms with van der Waals surface area (Å²) in [6, 6.07) is 7.72. The minimum atomic E-state index is -4.39. The molecule has 0 aliphatic heterocycles. The summed E-state index contributed by atoms with van der Waals surface area (Å²) in [6.45, 7) is 2.08. The lowest BCUT2D eigenvalue weighted by Gasteiger charge is -2.11. The summed E-state index contributed by atoms with van der Waals surface area (Å²) in [6.07, 6.45) is 8.38. The van der Waals surface area contributed by atoms with Gasteiger partial charge in [0.05, 0.1) is 0 Å². The van der Waals surface area contributed by atoms with Crippen LogP contribution in [-0.2, 0) is 21.0 Å². The Morgan fingerprint density at radius 2 is 1.68 bits per heavy atom. The minimum absolute atomic E-state index is 0.0767. The van der Waals surface area contributed by atoms with Gasteiger partial charge in [0.1, 0.15) is 19.0 Å². The third kappa shape index (κ3) is 9.02. The SMILES string of the molecule is CCCCCCCCc1ccccc1OCCOS(=O)(=O)O. The predicted octanol–water partition coefficient (Wildman–Crippen LogP) is 3.79. The normalized spacial score (nSPS) is 11.5. The molecule has 1 aromatic rings. The van der Waals surface area contributed by atoms with Crippen LogP contribution in [0.1, 0.15) is 51.0 Å². The Bertz CT molecular complexity index is 513. The molecule has 1 rings (SSSR count). The smallest absolute Gasteiger partial charge is 0.397 e. The van der Waals surface area contributed by atoms with Crippen LogP contribution in [0.15, 0.2) is 24.3 Å². The topological polar surface area (TPSA) is 72.8 Å². The van der Waals surface area contributed by atoms with Gasteiger partial charge in [-0.3, -0.25) is 4.55 Å². The molecule has 1 N–H and O–H groups in total. The summed E-state index contributed by atoms with van der Waals surface area (Å²) in [5.74, 6) is 0.745. The van der Waals surface area contributed by atoms with Gasteiger partial charge in [0.15, 0.2) is 0 Å². The van der Waals surface area contributed by atoms with E-state index in [4.69, 9.17) is 9.29 Å². The van der Waals surface area contributed by atoms with Gasteiger partial charge in [-0.05, 0) is 24.5 Å². The molecule has 0 aliphatic rings. The van der Waals surface area contributed by atoms with Crippen LogP contribution in [0.5, 0.6) is 5.75 Å². The van der Waals surface area contributed by atoms with Crippen molar-refractivity contribution in [2.75, 3.05) is 13.2 Å². The van der Waals surface area contributed by atoms with Gasteiger partial charge in [0.2, 0.25) is 0 Å². The lowest BCUT2D eigenvalue weighted by Crippen LogP contribution is -2.12. The van der Waals surface area contributed by atoms with Crippen molar-refractivity contribution in [1.82, 2.24) is 0 Å². The standard InChI is InChI=1S/C16H26O5S/c1-2-3-4-5-6-7-10-15-11-8-9-12-16(15)20-13-14-21-22(17,18)19/h8-9,11-12H,2-7,10,13-14H2,1H3,(H,17,18,19). The molecule has 0 saturated carbocycles. The van der Waals surface area contributed by atoms with E-state index in [1.165, 1.54) is 32.1 Å². The van der Waals surface area contributed by atoms with Crippen LogP contribution in [0.4, 0.5) is 0 Å². The van der Waals surface area contributed by atoms with Crippen molar-refractivity contribution >= 4 is 10.4 Å². The Kier molecular flexibility index (Phi) is 9.11. The van der Waals surface area contributed by atoms with Gasteiger partial charge >= 0.3 is 10.4 Å². The van der Waals surface area contributed by atoms with Crippen molar-refractivity contribution < 1.29 is 21.9 Å². The Hall–Kier alpha value is -1.11. The van der Waals surface area contributed by atoms with Gasteiger partial charge in [-0.1, -0.05) is 57.2 Å². The van der Waals surface area contributed by atoms with Gasteiger partial charge in [-0.25, -0.2) is 4.18 Å². The summed E-state index contributed by atoms with van der Waals surface area (Å²) in [5, 5.41) is 0. The Morgan fingerprint density at radius 3 is 2.41 bits per heavy atom. The number of ether oxygens (including phenoxy) is 1. The van der Waals surface area contributed by atoms with Crippen LogP contribution in [0.3, 0.4) is 0 Å². The monoisotopic (exact) mass is 330 g/mol. The summed E-state index contributed by atoms with van der Waals surface area (Å²) >= 11 is 0. The van der Waals surface area contributed by atoms with Crippen molar-refractivity contribution in [3.8, 4) is 5.75 Å². The second-order valence-electron chi connectivity index (χ2n) is 5.22. The second-order valence-corrected chi connectivity index (χ2v) is 6.31. The van der Waals surface area contributed by atoms with Crippen molar-refractivity contribution in [3.05, 3.63) is 29.8 Å². The molecule has 0 heterocycles. The van der Waals surface area contributed by atoms with Crippen molar-refractivity contribution in [2.45, 2.75) is 51.9 Å². The molecule has 5 nitrogen and oxygen atoms in total. The zero-order chi connectivity index (χ0) is 16.3. The van der Waals surface area contributed by atoms with Gasteiger partial charge in [-0.2, -0.15) is 8.42 Å². The van der Waals surface area contributed by atoms with Gasteiger partial charge in [0.25, 0.3) is 0 Å². The molecule has 0 bridgehead atoms. The van der Waals surface area contributed by atoms with Crippen molar-refractivity contribution in [3.63, 3.8) is 0 Å². The van der Waals surface area contributed by atoms with E-state index in [-0.39, 0.29) is 13.2 Å². The molecular formula is C16H26O5S. The van der Waals surface area contributed by atoms with Crippen LogP contribution in [0.2, 0.25) is 0 Å². The molecule has 0 spiro atoms. The van der Waals surface area contributed by atoms with Crippen LogP contribution in [0, 0.1) is 0 Å². The van der Waals surface area contributed by atoms with Crippen molar-refractivity contribution in [2.24, 2.45) is 0 Å². The Balaban J connectivity index is 2.32. The number of benzene rings is 1. The van der Waals surface area contributed by atoms with E-state index in [0.717, 1.165) is 24.2 Å². The first-order chi connectivity index (χ1) is 10.5. The highest BCUT2D eigenvalue weighted by Crippen LogP contribution is 2.20. The maximum atomic E-state index is 10.4. The van der Waals surface area contributed by atoms with E-state index in [1.807, 2.05) is 24.3 Å². The lowest BCUT2D eigenvalue weighted by atomic mass is 10.0. The molecule has 0 unspecified atom stereocenters. The molecule has 0 atom stereocenters. The van der Waals surface area contributed by atoms with Crippen LogP contribution >= 0.6 is 0 Å². The van der Waals surface area contributed by atoms with Gasteiger partial charge in [-0.15, -0.1) is 0 Å². The molecule has 0 amide bonds. The van der Waals surface area contributed by atoms with Crippen LogP contribution in [-0.4, -0.2) is 26.2 Å². The molecular weight excluding hydrogens is 304 g/mol. The van der Waals surface area contributed by atoms with E-state index in [2.05, 4.69) is 11.1 Å². The molecule has 0 aliphatic carbocycles. The maximum Gasteiger partial charge on any atom is 0.397 e. The van der Waals surface area contributed by atoms with E-state index in [1.54, 1.807) is 0 Å². The number of para-hydroxylation sites is 1. The number of aryl methyl sites for hydroxylation is 1. The first-order valence-corrected chi connectivity index (χ1v) is 9.22. The number of hydrogen-bond donors (Lipinski definition) is 1. The number of rotatable bonds is 12.